The molecular weight excluding hydrogens is 971 g/mol. The fraction of sp³-hybridized carbons (Fsp3) is 0.510. The van der Waals surface area contributed by atoms with E-state index in [1.165, 1.54) is 24.3 Å². The molecule has 3 aromatic rings. The number of carboxylic acids is 1. The number of hydrogen-bond acceptors (Lipinski definition) is 12. The average Bonchev–Trinajstić information content (AvgIpc) is 3.77. The number of aromatic nitrogens is 1. The van der Waals surface area contributed by atoms with E-state index in [2.05, 4.69) is 51.9 Å². The third kappa shape index (κ3) is 21.1. The lowest BCUT2D eigenvalue weighted by molar-refractivity contribution is -0.142. The van der Waals surface area contributed by atoms with Gasteiger partial charge in [-0.3, -0.25) is 43.7 Å². The molecular formula is C49H77N17O9. The summed E-state index contributed by atoms with van der Waals surface area (Å²) in [6.07, 6.45) is 2.18. The van der Waals surface area contributed by atoms with Crippen molar-refractivity contribution >= 4 is 70.2 Å². The standard InChI is InChI=1S/C49H77N17O9/c1-5-27(4)39(66-43(71)37(64-44(72)38(50)26(2)3)24-29-25-60-32-12-7-6-11-31(29)32)45(73)65-36(23-28-16-18-30(67)19-17-28)42(70)62-33(13-8-20-57-47(51)52)40(68)61-34(14-9-21-58-48(53)54)41(69)63-35(46(74)75)15-10-22-59-49(55)56/h6-7,11-12,16-19,25-27,33-39,60,67H,5,8-10,13-15,20-24,50H2,1-4H3,(H,61,68)(H,62,70)(H,63,69)(H,64,72)(H,65,73)(H,66,71)(H,74,75)(H4,51,52,57)(H4,53,54,58)(H4,55,56,59)/t27-,33-,34-,35-,36-,37-,38-,39-/m0/s1. The Morgan fingerprint density at radius 2 is 1.01 bits per heavy atom. The Morgan fingerprint density at radius 1 is 0.573 bits per heavy atom. The Hall–Kier alpha value is -8.16. The molecule has 26 heteroatoms. The summed E-state index contributed by atoms with van der Waals surface area (Å²) in [6, 6.07) is 4.24. The summed E-state index contributed by atoms with van der Waals surface area (Å²) >= 11 is 0. The molecule has 23 N–H and O–H groups in total. The van der Waals surface area contributed by atoms with Crippen LogP contribution in [0.25, 0.3) is 10.9 Å². The summed E-state index contributed by atoms with van der Waals surface area (Å²) in [5.74, 6) is -7.49. The zero-order chi connectivity index (χ0) is 55.8. The Labute approximate surface area is 435 Å². The van der Waals surface area contributed by atoms with Crippen LogP contribution in [0.3, 0.4) is 0 Å². The van der Waals surface area contributed by atoms with Crippen LogP contribution in [0.4, 0.5) is 0 Å². The lowest BCUT2D eigenvalue weighted by atomic mass is 9.95. The van der Waals surface area contributed by atoms with Crippen molar-refractivity contribution in [3.8, 4) is 5.75 Å². The van der Waals surface area contributed by atoms with Gasteiger partial charge in [0.15, 0.2) is 17.9 Å². The number of fused-ring (bicyclic) bond motifs is 1. The number of aromatic hydroxyl groups is 1. The minimum absolute atomic E-state index is 0.0272. The second-order valence-corrected chi connectivity index (χ2v) is 18.6. The van der Waals surface area contributed by atoms with E-state index in [9.17, 15) is 43.8 Å². The summed E-state index contributed by atoms with van der Waals surface area (Å²) < 4.78 is 0. The van der Waals surface area contributed by atoms with Gasteiger partial charge in [-0.15, -0.1) is 0 Å². The second kappa shape index (κ2) is 30.8. The summed E-state index contributed by atoms with van der Waals surface area (Å²) in [5, 5.41) is 37.0. The molecule has 0 unspecified atom stereocenters. The summed E-state index contributed by atoms with van der Waals surface area (Å²) in [6.45, 7) is 7.23. The fourth-order valence-electron chi connectivity index (χ4n) is 7.72. The molecule has 0 saturated carbocycles. The molecule has 0 saturated heterocycles. The van der Waals surface area contributed by atoms with E-state index < -0.39 is 89.6 Å². The molecule has 75 heavy (non-hydrogen) atoms. The fourth-order valence-corrected chi connectivity index (χ4v) is 7.72. The van der Waals surface area contributed by atoms with Crippen LogP contribution >= 0.6 is 0 Å². The smallest absolute Gasteiger partial charge is 0.326 e. The van der Waals surface area contributed by atoms with Crippen LogP contribution in [-0.2, 0) is 46.4 Å². The Kier molecular flexibility index (Phi) is 25.1. The van der Waals surface area contributed by atoms with Gasteiger partial charge >= 0.3 is 5.97 Å². The number of guanidine groups is 3. The normalized spacial score (nSPS) is 14.3. The minimum atomic E-state index is -1.43. The molecule has 0 aliphatic heterocycles. The number of amides is 6. The highest BCUT2D eigenvalue weighted by Crippen LogP contribution is 2.20. The van der Waals surface area contributed by atoms with Crippen LogP contribution in [-0.4, -0.2) is 136 Å². The Balaban J connectivity index is 2.00. The maximum absolute atomic E-state index is 14.6. The lowest BCUT2D eigenvalue weighted by Gasteiger charge is -2.30. The number of phenols is 1. The van der Waals surface area contributed by atoms with E-state index in [0.29, 0.717) is 12.0 Å². The number of nitrogens with two attached hydrogens (primary N) is 7. The van der Waals surface area contributed by atoms with Gasteiger partial charge in [-0.1, -0.05) is 64.4 Å². The number of aliphatic imine (C=N–C) groups is 3. The maximum atomic E-state index is 14.6. The first kappa shape index (κ1) is 61.1. The SMILES string of the molecule is CC[C@H](C)[C@H](NC(=O)[C@H](Cc1c[nH]c2ccccc12)NC(=O)[C@@H](N)C(C)C)C(=O)N[C@@H](Cc1ccc(O)cc1)C(=O)N[C@@H](CCCN=C(N)N)C(=O)N[C@@H](CCCN=C(N)N)C(=O)N[C@@H](CCCN=C(N)N)C(=O)O. The zero-order valence-electron chi connectivity index (χ0n) is 43.0. The van der Waals surface area contributed by atoms with Gasteiger partial charge in [-0.25, -0.2) is 4.79 Å². The van der Waals surface area contributed by atoms with Crippen molar-refractivity contribution in [2.75, 3.05) is 19.6 Å². The third-order valence-electron chi connectivity index (χ3n) is 12.3. The molecule has 0 spiro atoms. The van der Waals surface area contributed by atoms with Crippen molar-refractivity contribution in [3.63, 3.8) is 0 Å². The maximum Gasteiger partial charge on any atom is 0.326 e. The van der Waals surface area contributed by atoms with Crippen LogP contribution < -0.4 is 72.0 Å². The number of phenolic OH excluding ortho intramolecular Hbond substituents is 1. The van der Waals surface area contributed by atoms with E-state index in [1.54, 1.807) is 27.0 Å². The third-order valence-corrected chi connectivity index (χ3v) is 12.3. The first-order valence-electron chi connectivity index (χ1n) is 24.8. The van der Waals surface area contributed by atoms with Crippen LogP contribution in [0, 0.1) is 11.8 Å². The van der Waals surface area contributed by atoms with E-state index in [4.69, 9.17) is 40.1 Å². The zero-order valence-corrected chi connectivity index (χ0v) is 43.0. The molecule has 6 amide bonds. The van der Waals surface area contributed by atoms with Gasteiger partial charge in [0.05, 0.1) is 6.04 Å². The van der Waals surface area contributed by atoms with Gasteiger partial charge in [-0.2, -0.15) is 0 Å². The van der Waals surface area contributed by atoms with Gasteiger partial charge in [0.25, 0.3) is 0 Å². The molecule has 2 aromatic carbocycles. The predicted octanol–water partition coefficient (Wildman–Crippen LogP) is -2.16. The topological polar surface area (TPSA) is 467 Å². The number of carbonyl (C=O) groups excluding carboxylic acids is 6. The van der Waals surface area contributed by atoms with E-state index in [0.717, 1.165) is 16.5 Å². The van der Waals surface area contributed by atoms with Crippen molar-refractivity contribution in [1.82, 2.24) is 36.9 Å². The average molecular weight is 1050 g/mol. The van der Waals surface area contributed by atoms with Gasteiger partial charge in [0, 0.05) is 49.6 Å². The molecule has 0 radical (unpaired) electrons. The van der Waals surface area contributed by atoms with Crippen molar-refractivity contribution in [1.29, 1.82) is 0 Å². The first-order chi connectivity index (χ1) is 35.5. The molecule has 1 heterocycles. The predicted molar refractivity (Wildman–Crippen MR) is 285 cm³/mol. The number of carboxylic acid groups (broad SMARTS) is 1. The Bertz CT molecular complexity index is 2470. The van der Waals surface area contributed by atoms with Crippen molar-refractivity contribution in [3.05, 3.63) is 65.9 Å². The summed E-state index contributed by atoms with van der Waals surface area (Å²) in [5.41, 5.74) is 41.0. The molecule has 0 aliphatic rings. The number of carbonyl (C=O) groups is 7. The number of benzene rings is 2. The molecule has 0 fully saturated rings. The van der Waals surface area contributed by atoms with Gasteiger partial charge < -0.3 is 87.2 Å². The highest BCUT2D eigenvalue weighted by atomic mass is 16.4. The van der Waals surface area contributed by atoms with E-state index in [-0.39, 0.29) is 101 Å². The van der Waals surface area contributed by atoms with Crippen molar-refractivity contribution in [2.24, 2.45) is 66.9 Å². The molecule has 8 atom stereocenters. The van der Waals surface area contributed by atoms with Crippen molar-refractivity contribution in [2.45, 2.75) is 128 Å². The number of aromatic amines is 1. The van der Waals surface area contributed by atoms with Gasteiger partial charge in [0.2, 0.25) is 35.4 Å². The van der Waals surface area contributed by atoms with Crippen molar-refractivity contribution < 1.29 is 43.8 Å². The molecule has 412 valence electrons. The minimum Gasteiger partial charge on any atom is -0.508 e. The Morgan fingerprint density at radius 3 is 1.51 bits per heavy atom. The number of H-pyrrole nitrogens is 1. The van der Waals surface area contributed by atoms with E-state index >= 15 is 0 Å². The molecule has 3 rings (SSSR count). The molecule has 0 bridgehead atoms. The number of nitrogens with one attached hydrogen (secondary N) is 7. The van der Waals surface area contributed by atoms with Crippen LogP contribution in [0.1, 0.15) is 83.8 Å². The summed E-state index contributed by atoms with van der Waals surface area (Å²) in [4.78, 5) is 112. The van der Waals surface area contributed by atoms with E-state index in [1.807, 2.05) is 31.2 Å². The summed E-state index contributed by atoms with van der Waals surface area (Å²) in [7, 11) is 0. The largest absolute Gasteiger partial charge is 0.508 e. The number of hydrogen-bond donors (Lipinski definition) is 16. The highest BCUT2D eigenvalue weighted by Gasteiger charge is 2.36. The highest BCUT2D eigenvalue weighted by molar-refractivity contribution is 5.97. The first-order valence-corrected chi connectivity index (χ1v) is 24.8. The molecule has 0 aliphatic carbocycles. The van der Waals surface area contributed by atoms with Crippen LogP contribution in [0.2, 0.25) is 0 Å². The number of rotatable bonds is 32. The van der Waals surface area contributed by atoms with Gasteiger partial charge in [-0.05, 0) is 79.7 Å². The lowest BCUT2D eigenvalue weighted by Crippen LogP contribution is -2.61. The second-order valence-electron chi connectivity index (χ2n) is 18.6. The molecule has 26 nitrogen and oxygen atoms in total. The number of para-hydroxylation sites is 1. The van der Waals surface area contributed by atoms with Gasteiger partial charge in [0.1, 0.15) is 42.0 Å². The number of nitrogens with zero attached hydrogens (tertiary/aromatic N) is 3. The van der Waals surface area contributed by atoms with Crippen LogP contribution in [0.15, 0.2) is 69.7 Å². The number of aliphatic carboxylic acids is 1. The molecule has 1 aromatic heterocycles. The quantitative estimate of drug-likeness (QED) is 0.0180. The monoisotopic (exact) mass is 1050 g/mol. The van der Waals surface area contributed by atoms with Crippen LogP contribution in [0.5, 0.6) is 5.75 Å².